The summed E-state index contributed by atoms with van der Waals surface area (Å²) in [6.45, 7) is 5.74. The molecule has 2 aromatic rings. The molecule has 0 N–H and O–H groups in total. The highest BCUT2D eigenvalue weighted by molar-refractivity contribution is 5.79. The number of hydrogen-bond donors (Lipinski definition) is 0. The van der Waals surface area contributed by atoms with Crippen LogP contribution < -0.4 is 4.74 Å². The van der Waals surface area contributed by atoms with Crippen LogP contribution in [0.15, 0.2) is 42.5 Å². The molecule has 2 aromatic carbocycles. The molecule has 26 heavy (non-hydrogen) atoms. The number of unbranched alkanes of at least 4 members (excludes halogenated alkanes) is 2. The number of hydrogen-bond acceptors (Lipinski definition) is 3. The van der Waals surface area contributed by atoms with Gasteiger partial charge in [0.1, 0.15) is 17.4 Å². The van der Waals surface area contributed by atoms with Crippen LogP contribution >= 0.6 is 0 Å². The first-order valence-corrected chi connectivity index (χ1v) is 8.75. The maximum atomic E-state index is 13.9. The van der Waals surface area contributed by atoms with E-state index < -0.39 is 23.2 Å². The first-order chi connectivity index (χ1) is 12.3. The maximum absolute atomic E-state index is 13.9. The van der Waals surface area contributed by atoms with Gasteiger partial charge in [0.2, 0.25) is 0 Å². The highest BCUT2D eigenvalue weighted by atomic mass is 19.1. The van der Waals surface area contributed by atoms with Crippen LogP contribution in [-0.2, 0) is 9.53 Å². The number of ether oxygens (including phenoxy) is 2. The van der Waals surface area contributed by atoms with Gasteiger partial charge in [-0.1, -0.05) is 31.9 Å². The van der Waals surface area contributed by atoms with E-state index in [1.54, 1.807) is 38.1 Å². The lowest BCUT2D eigenvalue weighted by Crippen LogP contribution is -2.39. The fraction of sp³-hybridized carbons (Fsp3) is 0.381. The van der Waals surface area contributed by atoms with Crippen molar-refractivity contribution in [2.24, 2.45) is 0 Å². The van der Waals surface area contributed by atoms with Gasteiger partial charge in [-0.15, -0.1) is 0 Å². The second-order valence-corrected chi connectivity index (χ2v) is 6.60. The van der Waals surface area contributed by atoms with E-state index in [4.69, 9.17) is 9.47 Å². The van der Waals surface area contributed by atoms with Crippen LogP contribution in [0.2, 0.25) is 0 Å². The summed E-state index contributed by atoms with van der Waals surface area (Å²) < 4.78 is 37.9. The van der Waals surface area contributed by atoms with Gasteiger partial charge >= 0.3 is 5.97 Å². The third-order valence-electron chi connectivity index (χ3n) is 3.94. The molecular formula is C21H24F2O3. The topological polar surface area (TPSA) is 35.5 Å². The van der Waals surface area contributed by atoms with Crippen molar-refractivity contribution >= 4 is 5.97 Å². The molecule has 5 heteroatoms. The summed E-state index contributed by atoms with van der Waals surface area (Å²) in [6.07, 6.45) is 2.89. The van der Waals surface area contributed by atoms with Crippen LogP contribution in [0.25, 0.3) is 11.1 Å². The van der Waals surface area contributed by atoms with Gasteiger partial charge in [-0.3, -0.25) is 0 Å². The molecule has 2 rings (SSSR count). The molecule has 0 saturated heterocycles. The summed E-state index contributed by atoms with van der Waals surface area (Å²) in [4.78, 5) is 12.2. The summed E-state index contributed by atoms with van der Waals surface area (Å²) in [6, 6.07) is 10.0. The van der Waals surface area contributed by atoms with Crippen molar-refractivity contribution in [3.8, 4) is 16.9 Å². The van der Waals surface area contributed by atoms with Crippen LogP contribution in [0.1, 0.15) is 40.0 Å². The lowest BCUT2D eigenvalue weighted by atomic mass is 10.0. The molecule has 0 aromatic heterocycles. The van der Waals surface area contributed by atoms with Crippen molar-refractivity contribution in [3.05, 3.63) is 54.1 Å². The van der Waals surface area contributed by atoms with Gasteiger partial charge in [-0.05, 0) is 50.1 Å². The minimum atomic E-state index is -1.13. The van der Waals surface area contributed by atoms with Gasteiger partial charge in [0.25, 0.3) is 0 Å². The summed E-state index contributed by atoms with van der Waals surface area (Å²) in [7, 11) is 0. The Morgan fingerprint density at radius 1 is 1.04 bits per heavy atom. The van der Waals surface area contributed by atoms with Crippen LogP contribution in [0.3, 0.4) is 0 Å². The maximum Gasteiger partial charge on any atom is 0.349 e. The third-order valence-corrected chi connectivity index (χ3v) is 3.94. The standard InChI is InChI=1S/C21H24F2O3/c1-4-5-6-13-25-20(24)21(2,3)26-17-10-7-15(8-11-17)18-12-9-16(22)14-19(18)23/h7-12,14H,4-6,13H2,1-3H3. The number of rotatable bonds is 8. The number of halogens is 2. The predicted molar refractivity (Wildman–Crippen MR) is 97.0 cm³/mol. The number of carbonyl (C=O) groups excluding carboxylic acids is 1. The van der Waals surface area contributed by atoms with E-state index in [0.29, 0.717) is 23.5 Å². The van der Waals surface area contributed by atoms with E-state index in [2.05, 4.69) is 6.92 Å². The molecule has 0 amide bonds. The summed E-state index contributed by atoms with van der Waals surface area (Å²) in [5.74, 6) is -1.21. The largest absolute Gasteiger partial charge is 0.476 e. The fourth-order valence-corrected chi connectivity index (χ4v) is 2.45. The fourth-order valence-electron chi connectivity index (χ4n) is 2.45. The molecule has 0 spiro atoms. The van der Waals surface area contributed by atoms with E-state index in [0.717, 1.165) is 25.3 Å². The molecule has 0 aliphatic rings. The zero-order valence-electron chi connectivity index (χ0n) is 15.4. The summed E-state index contributed by atoms with van der Waals surface area (Å²) in [5, 5.41) is 0. The Balaban J connectivity index is 2.02. The predicted octanol–water partition coefficient (Wildman–Crippen LogP) is 5.52. The highest BCUT2D eigenvalue weighted by Crippen LogP contribution is 2.27. The van der Waals surface area contributed by atoms with Crippen molar-refractivity contribution in [2.75, 3.05) is 6.61 Å². The first kappa shape index (κ1) is 19.9. The van der Waals surface area contributed by atoms with E-state index in [-0.39, 0.29) is 0 Å². The molecule has 0 unspecified atom stereocenters. The number of carbonyl (C=O) groups is 1. The van der Waals surface area contributed by atoms with Crippen molar-refractivity contribution in [3.63, 3.8) is 0 Å². The van der Waals surface area contributed by atoms with E-state index >= 15 is 0 Å². The average molecular weight is 362 g/mol. The van der Waals surface area contributed by atoms with Gasteiger partial charge in [0, 0.05) is 11.6 Å². The first-order valence-electron chi connectivity index (χ1n) is 8.75. The van der Waals surface area contributed by atoms with E-state index in [1.165, 1.54) is 12.1 Å². The van der Waals surface area contributed by atoms with Crippen molar-refractivity contribution in [2.45, 2.75) is 45.6 Å². The lowest BCUT2D eigenvalue weighted by Gasteiger charge is -2.24. The van der Waals surface area contributed by atoms with E-state index in [1.807, 2.05) is 0 Å². The normalized spacial score (nSPS) is 11.3. The monoisotopic (exact) mass is 362 g/mol. The molecule has 0 bridgehead atoms. The smallest absolute Gasteiger partial charge is 0.349 e. The Morgan fingerprint density at radius 2 is 1.73 bits per heavy atom. The zero-order chi connectivity index (χ0) is 19.2. The Kier molecular flexibility index (Phi) is 6.72. The van der Waals surface area contributed by atoms with Crippen LogP contribution in [0.5, 0.6) is 5.75 Å². The van der Waals surface area contributed by atoms with Crippen molar-refractivity contribution < 1.29 is 23.0 Å². The second-order valence-electron chi connectivity index (χ2n) is 6.60. The Bertz CT molecular complexity index is 739. The van der Waals surface area contributed by atoms with Gasteiger partial charge in [0.05, 0.1) is 6.61 Å². The molecular weight excluding hydrogens is 338 g/mol. The summed E-state index contributed by atoms with van der Waals surface area (Å²) in [5.41, 5.74) is -0.239. The van der Waals surface area contributed by atoms with Crippen LogP contribution in [0.4, 0.5) is 8.78 Å². The van der Waals surface area contributed by atoms with Gasteiger partial charge < -0.3 is 9.47 Å². The van der Waals surface area contributed by atoms with Crippen molar-refractivity contribution in [1.29, 1.82) is 0 Å². The quantitative estimate of drug-likeness (QED) is 0.458. The molecule has 0 atom stereocenters. The van der Waals surface area contributed by atoms with Crippen molar-refractivity contribution in [1.82, 2.24) is 0 Å². The second kappa shape index (κ2) is 8.79. The van der Waals surface area contributed by atoms with Crippen LogP contribution in [0, 0.1) is 11.6 Å². The summed E-state index contributed by atoms with van der Waals surface area (Å²) >= 11 is 0. The third kappa shape index (κ3) is 5.28. The molecule has 140 valence electrons. The number of esters is 1. The molecule has 0 radical (unpaired) electrons. The van der Waals surface area contributed by atoms with Gasteiger partial charge in [-0.2, -0.15) is 0 Å². The molecule has 3 nitrogen and oxygen atoms in total. The Hall–Kier alpha value is -2.43. The van der Waals surface area contributed by atoms with Gasteiger partial charge in [-0.25, -0.2) is 13.6 Å². The molecule has 0 heterocycles. The minimum Gasteiger partial charge on any atom is -0.476 e. The average Bonchev–Trinajstić information content (AvgIpc) is 2.59. The Morgan fingerprint density at radius 3 is 2.35 bits per heavy atom. The molecule has 0 aliphatic heterocycles. The Labute approximate surface area is 152 Å². The zero-order valence-corrected chi connectivity index (χ0v) is 15.4. The van der Waals surface area contributed by atoms with Crippen LogP contribution in [-0.4, -0.2) is 18.2 Å². The molecule has 0 aliphatic carbocycles. The molecule has 0 fully saturated rings. The van der Waals surface area contributed by atoms with Gasteiger partial charge in [0.15, 0.2) is 5.60 Å². The SMILES string of the molecule is CCCCCOC(=O)C(C)(C)Oc1ccc(-c2ccc(F)cc2F)cc1. The minimum absolute atomic E-state index is 0.299. The number of benzene rings is 2. The molecule has 0 saturated carbocycles. The van der Waals surface area contributed by atoms with E-state index in [9.17, 15) is 13.6 Å². The lowest BCUT2D eigenvalue weighted by molar-refractivity contribution is -0.159. The highest BCUT2D eigenvalue weighted by Gasteiger charge is 2.31.